The van der Waals surface area contributed by atoms with E-state index in [4.69, 9.17) is 14.2 Å². The second kappa shape index (κ2) is 6.44. The Morgan fingerprint density at radius 1 is 0.870 bits per heavy atom. The Labute approximate surface area is 134 Å². The summed E-state index contributed by atoms with van der Waals surface area (Å²) in [5.41, 5.74) is 1.82. The van der Waals surface area contributed by atoms with E-state index in [1.165, 1.54) is 0 Å². The van der Waals surface area contributed by atoms with Gasteiger partial charge in [-0.15, -0.1) is 0 Å². The summed E-state index contributed by atoms with van der Waals surface area (Å²) in [6.45, 7) is 0. The fraction of sp³-hybridized carbons (Fsp3) is 0.167. The maximum atomic E-state index is 6.00. The molecule has 1 aromatic heterocycles. The number of methoxy groups -OCH3 is 2. The lowest BCUT2D eigenvalue weighted by Crippen LogP contribution is -1.93. The molecule has 1 heterocycles. The molecule has 0 saturated heterocycles. The van der Waals surface area contributed by atoms with Gasteiger partial charge in [-0.05, 0) is 36.4 Å². The van der Waals surface area contributed by atoms with Crippen molar-refractivity contribution in [2.24, 2.45) is 0 Å². The number of fused-ring (bicyclic) bond motifs is 1. The molecule has 0 saturated carbocycles. The van der Waals surface area contributed by atoms with Crippen molar-refractivity contribution in [3.05, 3.63) is 48.7 Å². The van der Waals surface area contributed by atoms with Crippen LogP contribution in [0.2, 0.25) is 0 Å². The Balaban J connectivity index is 2.02. The predicted octanol–water partition coefficient (Wildman–Crippen LogP) is 4.09. The van der Waals surface area contributed by atoms with Crippen molar-refractivity contribution in [2.45, 2.75) is 0 Å². The van der Waals surface area contributed by atoms with Crippen LogP contribution in [0.4, 0.5) is 5.69 Å². The maximum absolute atomic E-state index is 6.00. The molecule has 1 N–H and O–H groups in total. The summed E-state index contributed by atoms with van der Waals surface area (Å²) in [5, 5.41) is 3.94. The van der Waals surface area contributed by atoms with Gasteiger partial charge in [0.25, 0.3) is 0 Å². The summed E-state index contributed by atoms with van der Waals surface area (Å²) >= 11 is 0. The first-order valence-electron chi connectivity index (χ1n) is 7.21. The van der Waals surface area contributed by atoms with Crippen molar-refractivity contribution in [2.75, 3.05) is 26.6 Å². The van der Waals surface area contributed by atoms with Gasteiger partial charge < -0.3 is 19.5 Å². The highest BCUT2D eigenvalue weighted by Gasteiger charge is 2.11. The molecule has 0 bridgehead atoms. The second-order valence-corrected chi connectivity index (χ2v) is 4.91. The fourth-order valence-electron chi connectivity index (χ4n) is 2.35. The lowest BCUT2D eigenvalue weighted by molar-refractivity contribution is 0.355. The third-order valence-corrected chi connectivity index (χ3v) is 3.58. The molecule has 23 heavy (non-hydrogen) atoms. The van der Waals surface area contributed by atoms with E-state index < -0.39 is 0 Å². The smallest absolute Gasteiger partial charge is 0.162 e. The summed E-state index contributed by atoms with van der Waals surface area (Å²) in [6, 6.07) is 13.3. The van der Waals surface area contributed by atoms with Crippen LogP contribution in [0.1, 0.15) is 0 Å². The Bertz CT molecular complexity index is 816. The van der Waals surface area contributed by atoms with Gasteiger partial charge in [-0.2, -0.15) is 0 Å². The minimum absolute atomic E-state index is 0.642. The molecule has 0 atom stereocenters. The van der Waals surface area contributed by atoms with Gasteiger partial charge in [-0.3, -0.25) is 4.98 Å². The van der Waals surface area contributed by atoms with E-state index in [9.17, 15) is 0 Å². The SMILES string of the molecule is CNc1ccc(Oc2ccnc3cc(OC)c(OC)cc23)cc1. The minimum Gasteiger partial charge on any atom is -0.493 e. The second-order valence-electron chi connectivity index (χ2n) is 4.91. The van der Waals surface area contributed by atoms with Crippen LogP contribution in [-0.4, -0.2) is 26.3 Å². The van der Waals surface area contributed by atoms with Crippen molar-refractivity contribution < 1.29 is 14.2 Å². The number of nitrogens with one attached hydrogen (secondary N) is 1. The number of hydrogen-bond donors (Lipinski definition) is 1. The summed E-state index contributed by atoms with van der Waals surface area (Å²) in [4.78, 5) is 4.37. The van der Waals surface area contributed by atoms with Gasteiger partial charge in [0.1, 0.15) is 11.5 Å². The van der Waals surface area contributed by atoms with Crippen LogP contribution in [0, 0.1) is 0 Å². The van der Waals surface area contributed by atoms with Gasteiger partial charge in [0.05, 0.1) is 19.7 Å². The molecule has 3 aromatic rings. The van der Waals surface area contributed by atoms with Crippen LogP contribution in [0.5, 0.6) is 23.0 Å². The molecule has 0 fully saturated rings. The zero-order valence-electron chi connectivity index (χ0n) is 13.3. The topological polar surface area (TPSA) is 52.6 Å². The average Bonchev–Trinajstić information content (AvgIpc) is 2.61. The normalized spacial score (nSPS) is 10.4. The Kier molecular flexibility index (Phi) is 4.19. The monoisotopic (exact) mass is 310 g/mol. The number of nitrogens with zero attached hydrogens (tertiary/aromatic N) is 1. The first-order valence-corrected chi connectivity index (χ1v) is 7.21. The third kappa shape index (κ3) is 2.99. The molecular weight excluding hydrogens is 292 g/mol. The Morgan fingerprint density at radius 2 is 1.57 bits per heavy atom. The van der Waals surface area contributed by atoms with Crippen LogP contribution >= 0.6 is 0 Å². The highest BCUT2D eigenvalue weighted by Crippen LogP contribution is 2.36. The zero-order chi connectivity index (χ0) is 16.2. The van der Waals surface area contributed by atoms with E-state index in [0.29, 0.717) is 17.2 Å². The Morgan fingerprint density at radius 3 is 2.22 bits per heavy atom. The predicted molar refractivity (Wildman–Crippen MR) is 90.9 cm³/mol. The molecule has 5 nitrogen and oxygen atoms in total. The van der Waals surface area contributed by atoms with Crippen LogP contribution in [0.3, 0.4) is 0 Å². The van der Waals surface area contributed by atoms with E-state index in [0.717, 1.165) is 22.3 Å². The molecular formula is C18H18N2O3. The number of benzene rings is 2. The number of hydrogen-bond acceptors (Lipinski definition) is 5. The molecule has 5 heteroatoms. The number of aromatic nitrogens is 1. The highest BCUT2D eigenvalue weighted by molar-refractivity contribution is 5.88. The zero-order valence-corrected chi connectivity index (χ0v) is 13.3. The van der Waals surface area contributed by atoms with Crippen molar-refractivity contribution in [3.63, 3.8) is 0 Å². The number of anilines is 1. The minimum atomic E-state index is 0.642. The molecule has 0 amide bonds. The molecule has 3 rings (SSSR count). The number of rotatable bonds is 5. The van der Waals surface area contributed by atoms with E-state index >= 15 is 0 Å². The molecule has 0 radical (unpaired) electrons. The van der Waals surface area contributed by atoms with Crippen LogP contribution in [-0.2, 0) is 0 Å². The van der Waals surface area contributed by atoms with E-state index in [-0.39, 0.29) is 0 Å². The van der Waals surface area contributed by atoms with Gasteiger partial charge in [0, 0.05) is 30.4 Å². The van der Waals surface area contributed by atoms with Crippen molar-refractivity contribution >= 4 is 16.6 Å². The van der Waals surface area contributed by atoms with Gasteiger partial charge >= 0.3 is 0 Å². The number of ether oxygens (including phenoxy) is 3. The summed E-state index contributed by atoms with van der Waals surface area (Å²) in [6.07, 6.45) is 1.71. The summed E-state index contributed by atoms with van der Waals surface area (Å²) in [5.74, 6) is 2.76. The molecule has 118 valence electrons. The van der Waals surface area contributed by atoms with Crippen molar-refractivity contribution in [1.29, 1.82) is 0 Å². The van der Waals surface area contributed by atoms with Crippen molar-refractivity contribution in [1.82, 2.24) is 4.98 Å². The quantitative estimate of drug-likeness (QED) is 0.769. The molecule has 0 aliphatic heterocycles. The van der Waals surface area contributed by atoms with Crippen molar-refractivity contribution in [3.8, 4) is 23.0 Å². The van der Waals surface area contributed by atoms with Crippen LogP contribution < -0.4 is 19.5 Å². The summed E-state index contributed by atoms with van der Waals surface area (Å²) < 4.78 is 16.7. The third-order valence-electron chi connectivity index (χ3n) is 3.58. The van der Waals surface area contributed by atoms with E-state index in [2.05, 4.69) is 10.3 Å². The average molecular weight is 310 g/mol. The number of pyridine rings is 1. The summed E-state index contributed by atoms with van der Waals surface area (Å²) in [7, 11) is 5.09. The van der Waals surface area contributed by atoms with E-state index in [1.807, 2.05) is 49.5 Å². The van der Waals surface area contributed by atoms with E-state index in [1.54, 1.807) is 20.4 Å². The maximum Gasteiger partial charge on any atom is 0.162 e. The Hall–Kier alpha value is -2.95. The fourth-order valence-corrected chi connectivity index (χ4v) is 2.35. The van der Waals surface area contributed by atoms with Crippen LogP contribution in [0.25, 0.3) is 10.9 Å². The lowest BCUT2D eigenvalue weighted by atomic mass is 10.2. The standard InChI is InChI=1S/C18H18N2O3/c1-19-12-4-6-13(7-5-12)23-16-8-9-20-15-11-18(22-3)17(21-2)10-14(15)16/h4-11,19H,1-3H3. The molecule has 2 aromatic carbocycles. The molecule has 0 aliphatic rings. The molecule has 0 unspecified atom stereocenters. The van der Waals surface area contributed by atoms with Gasteiger partial charge in [-0.25, -0.2) is 0 Å². The van der Waals surface area contributed by atoms with Gasteiger partial charge in [0.2, 0.25) is 0 Å². The lowest BCUT2D eigenvalue weighted by Gasteiger charge is -2.12. The molecule has 0 spiro atoms. The molecule has 0 aliphatic carbocycles. The highest BCUT2D eigenvalue weighted by atomic mass is 16.5. The largest absolute Gasteiger partial charge is 0.493 e. The van der Waals surface area contributed by atoms with Gasteiger partial charge in [-0.1, -0.05) is 0 Å². The van der Waals surface area contributed by atoms with Gasteiger partial charge in [0.15, 0.2) is 11.5 Å². The first-order chi connectivity index (χ1) is 11.2. The van der Waals surface area contributed by atoms with Crippen LogP contribution in [0.15, 0.2) is 48.7 Å². The first kappa shape index (κ1) is 15.0.